The van der Waals surface area contributed by atoms with Crippen LogP contribution in [0.2, 0.25) is 0 Å². The van der Waals surface area contributed by atoms with Crippen LogP contribution in [0.4, 0.5) is 5.82 Å². The van der Waals surface area contributed by atoms with Gasteiger partial charge in [0.1, 0.15) is 0 Å². The van der Waals surface area contributed by atoms with E-state index in [1.165, 1.54) is 4.79 Å². The summed E-state index contributed by atoms with van der Waals surface area (Å²) in [6.45, 7) is 0. The first-order valence-corrected chi connectivity index (χ1v) is 2.96. The maximum absolute atomic E-state index is 5.44. The van der Waals surface area contributed by atoms with Crippen LogP contribution in [0.15, 0.2) is 6.20 Å². The molecule has 0 aliphatic carbocycles. The SMILES string of the molecule is NNc1nn(N)c2[nH]ncc12. The maximum atomic E-state index is 5.44. The molecule has 0 amide bonds. The smallest absolute Gasteiger partial charge is 0.178 e. The number of nitrogens with zero attached hydrogens (tertiary/aromatic N) is 3. The number of nitrogen functional groups attached to an aromatic ring is 2. The Labute approximate surface area is 61.3 Å². The number of aromatic amines is 1. The van der Waals surface area contributed by atoms with Crippen LogP contribution in [0.5, 0.6) is 0 Å². The minimum Gasteiger partial charge on any atom is -0.321 e. The third-order valence-corrected chi connectivity index (χ3v) is 1.45. The molecule has 7 nitrogen and oxygen atoms in total. The van der Waals surface area contributed by atoms with Crippen molar-refractivity contribution in [2.24, 2.45) is 5.84 Å². The highest BCUT2D eigenvalue weighted by Gasteiger charge is 2.08. The first-order valence-electron chi connectivity index (χ1n) is 2.96. The zero-order valence-corrected chi connectivity index (χ0v) is 5.57. The molecule has 0 aromatic carbocycles. The molecule has 0 aliphatic heterocycles. The van der Waals surface area contributed by atoms with Gasteiger partial charge in [0.2, 0.25) is 0 Å². The van der Waals surface area contributed by atoms with Gasteiger partial charge in [0, 0.05) is 0 Å². The average Bonchev–Trinajstić information content (AvgIpc) is 2.54. The molecule has 11 heavy (non-hydrogen) atoms. The first-order chi connectivity index (χ1) is 5.33. The molecule has 0 saturated carbocycles. The third-order valence-electron chi connectivity index (χ3n) is 1.45. The topological polar surface area (TPSA) is 111 Å². The van der Waals surface area contributed by atoms with Gasteiger partial charge in [-0.05, 0) is 0 Å². The molecule has 2 rings (SSSR count). The van der Waals surface area contributed by atoms with Gasteiger partial charge in [0.05, 0.1) is 11.6 Å². The Balaban J connectivity index is 2.80. The maximum Gasteiger partial charge on any atom is 0.178 e. The van der Waals surface area contributed by atoms with Gasteiger partial charge in [-0.15, -0.1) is 5.10 Å². The number of H-pyrrole nitrogens is 1. The van der Waals surface area contributed by atoms with Crippen LogP contribution in [-0.4, -0.2) is 20.1 Å². The molecular formula is C4H7N7. The fraction of sp³-hybridized carbons (Fsp3) is 0. The number of rotatable bonds is 1. The highest BCUT2D eigenvalue weighted by atomic mass is 15.5. The zero-order valence-electron chi connectivity index (χ0n) is 5.57. The highest BCUT2D eigenvalue weighted by molar-refractivity contribution is 5.86. The summed E-state index contributed by atoms with van der Waals surface area (Å²) in [5.74, 6) is 11.1. The van der Waals surface area contributed by atoms with Crippen molar-refractivity contribution in [1.82, 2.24) is 20.1 Å². The first kappa shape index (κ1) is 5.98. The van der Waals surface area contributed by atoms with E-state index >= 15 is 0 Å². The fourth-order valence-corrected chi connectivity index (χ4v) is 0.945. The summed E-state index contributed by atoms with van der Waals surface area (Å²) in [5.41, 5.74) is 3.04. The lowest BCUT2D eigenvalue weighted by atomic mass is 10.4. The van der Waals surface area contributed by atoms with Gasteiger partial charge in [-0.2, -0.15) is 9.89 Å². The molecule has 0 aliphatic rings. The zero-order chi connectivity index (χ0) is 7.84. The fourth-order valence-electron chi connectivity index (χ4n) is 0.945. The van der Waals surface area contributed by atoms with Crippen LogP contribution in [0.25, 0.3) is 11.0 Å². The highest BCUT2D eigenvalue weighted by Crippen LogP contribution is 2.16. The van der Waals surface area contributed by atoms with E-state index in [0.29, 0.717) is 11.5 Å². The largest absolute Gasteiger partial charge is 0.321 e. The van der Waals surface area contributed by atoms with Crippen molar-refractivity contribution in [3.8, 4) is 0 Å². The Hall–Kier alpha value is -1.76. The van der Waals surface area contributed by atoms with Gasteiger partial charge in [0.25, 0.3) is 0 Å². The third kappa shape index (κ3) is 0.649. The Morgan fingerprint density at radius 3 is 3.18 bits per heavy atom. The van der Waals surface area contributed by atoms with E-state index in [1.54, 1.807) is 6.20 Å². The number of hydrazine groups is 1. The van der Waals surface area contributed by atoms with Crippen LogP contribution < -0.4 is 17.1 Å². The molecule has 0 bridgehead atoms. The lowest BCUT2D eigenvalue weighted by Gasteiger charge is -1.89. The second-order valence-electron chi connectivity index (χ2n) is 2.07. The van der Waals surface area contributed by atoms with E-state index in [2.05, 4.69) is 20.7 Å². The van der Waals surface area contributed by atoms with E-state index in [0.717, 1.165) is 5.39 Å². The van der Waals surface area contributed by atoms with E-state index in [1.807, 2.05) is 0 Å². The Morgan fingerprint density at radius 2 is 2.45 bits per heavy atom. The summed E-state index contributed by atoms with van der Waals surface area (Å²) in [4.78, 5) is 1.18. The van der Waals surface area contributed by atoms with Crippen molar-refractivity contribution in [2.45, 2.75) is 0 Å². The molecule has 0 unspecified atom stereocenters. The van der Waals surface area contributed by atoms with Gasteiger partial charge in [0.15, 0.2) is 11.5 Å². The van der Waals surface area contributed by atoms with Gasteiger partial charge < -0.3 is 11.3 Å². The summed E-state index contributed by atoms with van der Waals surface area (Å²) in [6, 6.07) is 0. The molecule has 2 heterocycles. The molecule has 7 heteroatoms. The molecule has 0 radical (unpaired) electrons. The van der Waals surface area contributed by atoms with E-state index in [4.69, 9.17) is 11.7 Å². The molecular weight excluding hydrogens is 146 g/mol. The number of anilines is 1. The van der Waals surface area contributed by atoms with Crippen molar-refractivity contribution >= 4 is 16.9 Å². The lowest BCUT2D eigenvalue weighted by molar-refractivity contribution is 0.840. The van der Waals surface area contributed by atoms with Crippen molar-refractivity contribution in [3.63, 3.8) is 0 Å². The molecule has 0 saturated heterocycles. The van der Waals surface area contributed by atoms with E-state index in [9.17, 15) is 0 Å². The summed E-state index contributed by atoms with van der Waals surface area (Å²) < 4.78 is 0. The summed E-state index contributed by atoms with van der Waals surface area (Å²) >= 11 is 0. The number of nitrogens with two attached hydrogens (primary N) is 2. The molecule has 2 aromatic heterocycles. The standard InChI is InChI=1S/C4H7N7/c5-8-3-2-1-7-9-4(2)11(6)10-3/h1H,5-6H2,(H,7,9)(H,8,10). The predicted octanol–water partition coefficient (Wildman–Crippen LogP) is -1.24. The van der Waals surface area contributed by atoms with Crippen LogP contribution in [0.3, 0.4) is 0 Å². The Kier molecular flexibility index (Phi) is 1.01. The number of hydrogen-bond donors (Lipinski definition) is 4. The number of aromatic nitrogens is 4. The molecule has 0 spiro atoms. The van der Waals surface area contributed by atoms with E-state index < -0.39 is 0 Å². The summed E-state index contributed by atoms with van der Waals surface area (Å²) in [6.07, 6.45) is 1.60. The van der Waals surface area contributed by atoms with Gasteiger partial charge in [-0.25, -0.2) is 5.84 Å². The van der Waals surface area contributed by atoms with Gasteiger partial charge in [-0.3, -0.25) is 5.10 Å². The van der Waals surface area contributed by atoms with Crippen molar-refractivity contribution in [2.75, 3.05) is 11.3 Å². The molecule has 0 atom stereocenters. The predicted molar refractivity (Wildman–Crippen MR) is 39.8 cm³/mol. The van der Waals surface area contributed by atoms with Gasteiger partial charge in [-0.1, -0.05) is 0 Å². The summed E-state index contributed by atoms with van der Waals surface area (Å²) in [5, 5.41) is 11.1. The average molecular weight is 153 g/mol. The Bertz CT molecular complexity index is 371. The van der Waals surface area contributed by atoms with Crippen LogP contribution in [0, 0.1) is 0 Å². The minimum absolute atomic E-state index is 0.510. The van der Waals surface area contributed by atoms with Crippen molar-refractivity contribution < 1.29 is 0 Å². The van der Waals surface area contributed by atoms with Crippen LogP contribution in [-0.2, 0) is 0 Å². The monoisotopic (exact) mass is 153 g/mol. The molecule has 6 N–H and O–H groups in total. The van der Waals surface area contributed by atoms with Crippen molar-refractivity contribution in [3.05, 3.63) is 6.20 Å². The molecule has 58 valence electrons. The Morgan fingerprint density at radius 1 is 1.64 bits per heavy atom. The number of hydrogen-bond acceptors (Lipinski definition) is 5. The molecule has 2 aromatic rings. The van der Waals surface area contributed by atoms with Crippen LogP contribution in [0.1, 0.15) is 0 Å². The second-order valence-corrected chi connectivity index (χ2v) is 2.07. The number of nitrogens with one attached hydrogen (secondary N) is 2. The van der Waals surface area contributed by atoms with Crippen molar-refractivity contribution in [1.29, 1.82) is 0 Å². The minimum atomic E-state index is 0.510. The second kappa shape index (κ2) is 1.86. The van der Waals surface area contributed by atoms with Gasteiger partial charge >= 0.3 is 0 Å². The lowest BCUT2D eigenvalue weighted by Crippen LogP contribution is -2.13. The molecule has 0 fully saturated rings. The summed E-state index contributed by atoms with van der Waals surface area (Å²) in [7, 11) is 0. The number of fused-ring (bicyclic) bond motifs is 1. The normalized spacial score (nSPS) is 10.6. The quantitative estimate of drug-likeness (QED) is 0.302. The van der Waals surface area contributed by atoms with E-state index in [-0.39, 0.29) is 0 Å². The van der Waals surface area contributed by atoms with Crippen LogP contribution >= 0.6 is 0 Å².